The summed E-state index contributed by atoms with van der Waals surface area (Å²) < 4.78 is 38.9. The molecule has 0 radical (unpaired) electrons. The van der Waals surface area contributed by atoms with Crippen LogP contribution in [-0.4, -0.2) is 20.9 Å². The normalized spacial score (nSPS) is 11.1. The zero-order valence-electron chi connectivity index (χ0n) is 13.5. The van der Waals surface area contributed by atoms with Crippen molar-refractivity contribution < 1.29 is 18.0 Å². The SMILES string of the molecule is O=C(Nc1cncc(Br)c1)c1ccnc(Nc2cccc(C(F)(F)F)n2)c1. The van der Waals surface area contributed by atoms with Gasteiger partial charge in [0, 0.05) is 22.4 Å². The van der Waals surface area contributed by atoms with Crippen LogP contribution in [0.5, 0.6) is 0 Å². The number of anilines is 3. The van der Waals surface area contributed by atoms with Crippen LogP contribution in [0.3, 0.4) is 0 Å². The number of nitrogens with zero attached hydrogens (tertiary/aromatic N) is 3. The number of alkyl halides is 3. The lowest BCUT2D eigenvalue weighted by molar-refractivity contribution is -0.141. The first kappa shape index (κ1) is 18.8. The Morgan fingerprint density at radius 3 is 2.63 bits per heavy atom. The zero-order valence-corrected chi connectivity index (χ0v) is 15.0. The molecule has 0 aliphatic rings. The lowest BCUT2D eigenvalue weighted by Gasteiger charge is -2.10. The van der Waals surface area contributed by atoms with Crippen molar-refractivity contribution in [3.8, 4) is 0 Å². The van der Waals surface area contributed by atoms with Gasteiger partial charge in [-0.1, -0.05) is 6.07 Å². The van der Waals surface area contributed by atoms with Crippen LogP contribution in [0.1, 0.15) is 16.1 Å². The Labute approximate surface area is 160 Å². The second-order valence-electron chi connectivity index (χ2n) is 5.31. The highest BCUT2D eigenvalue weighted by molar-refractivity contribution is 9.10. The number of pyridine rings is 3. The summed E-state index contributed by atoms with van der Waals surface area (Å²) >= 11 is 3.26. The first-order valence-electron chi connectivity index (χ1n) is 7.50. The first-order valence-corrected chi connectivity index (χ1v) is 8.30. The van der Waals surface area contributed by atoms with Crippen LogP contribution < -0.4 is 10.6 Å². The molecule has 0 aromatic carbocycles. The van der Waals surface area contributed by atoms with E-state index in [1.165, 1.54) is 36.7 Å². The molecule has 3 aromatic heterocycles. The number of nitrogens with one attached hydrogen (secondary N) is 2. The van der Waals surface area contributed by atoms with Crippen molar-refractivity contribution in [3.05, 3.63) is 70.7 Å². The fourth-order valence-electron chi connectivity index (χ4n) is 2.12. The van der Waals surface area contributed by atoms with Gasteiger partial charge in [0.15, 0.2) is 0 Å². The number of hydrogen-bond acceptors (Lipinski definition) is 5. The second-order valence-corrected chi connectivity index (χ2v) is 6.22. The Hall–Kier alpha value is -3.01. The maximum absolute atomic E-state index is 12.7. The summed E-state index contributed by atoms with van der Waals surface area (Å²) in [7, 11) is 0. The standard InChI is InChI=1S/C17H11BrF3N5O/c18-11-7-12(9-22-8-11)24-16(27)10-4-5-23-15(6-10)26-14-3-1-2-13(25-14)17(19,20)21/h1-9H,(H,24,27)(H,23,25,26). The van der Waals surface area contributed by atoms with E-state index in [1.807, 2.05) is 0 Å². The second kappa shape index (κ2) is 7.70. The van der Waals surface area contributed by atoms with Crippen LogP contribution in [0.2, 0.25) is 0 Å². The van der Waals surface area contributed by atoms with Gasteiger partial charge < -0.3 is 10.6 Å². The van der Waals surface area contributed by atoms with Gasteiger partial charge in [-0.25, -0.2) is 9.97 Å². The predicted octanol–water partition coefficient (Wildman–Crippen LogP) is 4.65. The van der Waals surface area contributed by atoms with Crippen LogP contribution >= 0.6 is 15.9 Å². The van der Waals surface area contributed by atoms with Crippen molar-refractivity contribution >= 4 is 39.2 Å². The Morgan fingerprint density at radius 1 is 1.07 bits per heavy atom. The molecule has 0 spiro atoms. The van der Waals surface area contributed by atoms with E-state index in [1.54, 1.807) is 12.3 Å². The Morgan fingerprint density at radius 2 is 1.89 bits per heavy atom. The van der Waals surface area contributed by atoms with Crippen molar-refractivity contribution in [2.24, 2.45) is 0 Å². The lowest BCUT2D eigenvalue weighted by atomic mass is 10.2. The van der Waals surface area contributed by atoms with Crippen molar-refractivity contribution in [2.45, 2.75) is 6.18 Å². The van der Waals surface area contributed by atoms with Gasteiger partial charge in [0.1, 0.15) is 17.3 Å². The maximum atomic E-state index is 12.7. The van der Waals surface area contributed by atoms with Gasteiger partial charge in [0.25, 0.3) is 5.91 Å². The summed E-state index contributed by atoms with van der Waals surface area (Å²) in [6.07, 6.45) is -0.128. The molecule has 0 bridgehead atoms. The van der Waals surface area contributed by atoms with Crippen LogP contribution in [0.4, 0.5) is 30.5 Å². The van der Waals surface area contributed by atoms with E-state index in [4.69, 9.17) is 0 Å². The number of hydrogen-bond donors (Lipinski definition) is 2. The van der Waals surface area contributed by atoms with Crippen molar-refractivity contribution in [1.82, 2.24) is 15.0 Å². The quantitative estimate of drug-likeness (QED) is 0.620. The average Bonchev–Trinajstić information content (AvgIpc) is 2.61. The highest BCUT2D eigenvalue weighted by atomic mass is 79.9. The van der Waals surface area contributed by atoms with Gasteiger partial charge in [-0.05, 0) is 46.3 Å². The van der Waals surface area contributed by atoms with Gasteiger partial charge >= 0.3 is 6.18 Å². The van der Waals surface area contributed by atoms with Crippen molar-refractivity contribution in [2.75, 3.05) is 10.6 Å². The molecule has 27 heavy (non-hydrogen) atoms. The molecule has 3 rings (SSSR count). The Kier molecular flexibility index (Phi) is 5.36. The topological polar surface area (TPSA) is 79.8 Å². The summed E-state index contributed by atoms with van der Waals surface area (Å²) in [5.74, 6) is -0.273. The minimum absolute atomic E-state index is 0.0360. The van der Waals surface area contributed by atoms with E-state index >= 15 is 0 Å². The van der Waals surface area contributed by atoms with Gasteiger partial charge in [-0.3, -0.25) is 9.78 Å². The molecular weight excluding hydrogens is 427 g/mol. The fourth-order valence-corrected chi connectivity index (χ4v) is 2.48. The molecule has 138 valence electrons. The fraction of sp³-hybridized carbons (Fsp3) is 0.0588. The molecule has 0 aliphatic carbocycles. The third-order valence-electron chi connectivity index (χ3n) is 3.28. The highest BCUT2D eigenvalue weighted by Gasteiger charge is 2.32. The van der Waals surface area contributed by atoms with E-state index in [9.17, 15) is 18.0 Å². The maximum Gasteiger partial charge on any atom is 0.433 e. The van der Waals surface area contributed by atoms with Crippen molar-refractivity contribution in [1.29, 1.82) is 0 Å². The number of halogens is 4. The molecule has 3 heterocycles. The van der Waals surface area contributed by atoms with Gasteiger partial charge in [-0.2, -0.15) is 13.2 Å². The van der Waals surface area contributed by atoms with Crippen molar-refractivity contribution in [3.63, 3.8) is 0 Å². The third kappa shape index (κ3) is 5.00. The Bertz CT molecular complexity index is 981. The molecule has 6 nitrogen and oxygen atoms in total. The predicted molar refractivity (Wildman–Crippen MR) is 96.6 cm³/mol. The number of aromatic nitrogens is 3. The van der Waals surface area contributed by atoms with E-state index in [0.29, 0.717) is 10.2 Å². The number of carbonyl (C=O) groups is 1. The molecule has 10 heteroatoms. The molecule has 2 N–H and O–H groups in total. The summed E-state index contributed by atoms with van der Waals surface area (Å²) in [5, 5.41) is 5.33. The van der Waals surface area contributed by atoms with E-state index in [2.05, 4.69) is 41.5 Å². The van der Waals surface area contributed by atoms with Crippen LogP contribution in [0.15, 0.2) is 59.5 Å². The summed E-state index contributed by atoms with van der Waals surface area (Å²) in [6, 6.07) is 8.03. The smallest absolute Gasteiger partial charge is 0.325 e. The van der Waals surface area contributed by atoms with E-state index in [-0.39, 0.29) is 17.2 Å². The number of amides is 1. The summed E-state index contributed by atoms with van der Waals surface area (Å²) in [5.41, 5.74) is -0.275. The number of carbonyl (C=O) groups excluding carboxylic acids is 1. The van der Waals surface area contributed by atoms with Crippen LogP contribution in [0, 0.1) is 0 Å². The lowest BCUT2D eigenvalue weighted by Crippen LogP contribution is -2.13. The molecule has 3 aromatic rings. The van der Waals surface area contributed by atoms with Gasteiger partial charge in [0.05, 0.1) is 11.9 Å². The highest BCUT2D eigenvalue weighted by Crippen LogP contribution is 2.28. The summed E-state index contributed by atoms with van der Waals surface area (Å²) in [6.45, 7) is 0. The Balaban J connectivity index is 1.77. The van der Waals surface area contributed by atoms with Crippen LogP contribution in [0.25, 0.3) is 0 Å². The minimum Gasteiger partial charge on any atom is -0.325 e. The minimum atomic E-state index is -4.55. The molecule has 0 saturated carbocycles. The van der Waals surface area contributed by atoms with E-state index < -0.39 is 17.8 Å². The summed E-state index contributed by atoms with van der Waals surface area (Å²) in [4.78, 5) is 23.8. The number of rotatable bonds is 4. The molecule has 0 unspecified atom stereocenters. The molecule has 0 fully saturated rings. The molecule has 0 aliphatic heterocycles. The monoisotopic (exact) mass is 437 g/mol. The largest absolute Gasteiger partial charge is 0.433 e. The molecule has 0 atom stereocenters. The van der Waals surface area contributed by atoms with Gasteiger partial charge in [0.2, 0.25) is 0 Å². The zero-order chi connectivity index (χ0) is 19.4. The van der Waals surface area contributed by atoms with Crippen LogP contribution in [-0.2, 0) is 6.18 Å². The average molecular weight is 438 g/mol. The molecule has 0 saturated heterocycles. The van der Waals surface area contributed by atoms with Gasteiger partial charge in [-0.15, -0.1) is 0 Å². The third-order valence-corrected chi connectivity index (χ3v) is 3.71. The first-order chi connectivity index (χ1) is 12.8. The van der Waals surface area contributed by atoms with E-state index in [0.717, 1.165) is 6.07 Å². The molecular formula is C17H11BrF3N5O. The molecule has 1 amide bonds.